The van der Waals surface area contributed by atoms with Crippen LogP contribution in [-0.4, -0.2) is 21.9 Å². The van der Waals surface area contributed by atoms with Crippen LogP contribution in [0.4, 0.5) is 5.69 Å². The van der Waals surface area contributed by atoms with Gasteiger partial charge in [0.05, 0.1) is 11.4 Å². The van der Waals surface area contributed by atoms with E-state index < -0.39 is 0 Å². The molecule has 0 bridgehead atoms. The van der Waals surface area contributed by atoms with E-state index in [-0.39, 0.29) is 11.7 Å². The predicted octanol–water partition coefficient (Wildman–Crippen LogP) is 5.03. The maximum atomic E-state index is 12.3. The number of hydrogen-bond donors (Lipinski definition) is 1. The highest BCUT2D eigenvalue weighted by atomic mass is 32.2. The first kappa shape index (κ1) is 17.2. The summed E-state index contributed by atoms with van der Waals surface area (Å²) in [7, 11) is 0. The Morgan fingerprint density at radius 1 is 0.815 bits per heavy atom. The largest absolute Gasteiger partial charge is 0.325 e. The summed E-state index contributed by atoms with van der Waals surface area (Å²) in [5.74, 6) is 0.216. The molecule has 5 heteroatoms. The quantitative estimate of drug-likeness (QED) is 0.500. The van der Waals surface area contributed by atoms with Gasteiger partial charge in [0.2, 0.25) is 5.91 Å². The Hall–Kier alpha value is -3.18. The number of nitrogens with one attached hydrogen (secondary N) is 1. The van der Waals surface area contributed by atoms with Crippen LogP contribution in [0.3, 0.4) is 0 Å². The fourth-order valence-electron chi connectivity index (χ4n) is 2.82. The number of thioether (sulfide) groups is 1. The monoisotopic (exact) mass is 371 g/mol. The van der Waals surface area contributed by atoms with Crippen molar-refractivity contribution in [1.82, 2.24) is 10.2 Å². The van der Waals surface area contributed by atoms with Gasteiger partial charge in [-0.3, -0.25) is 4.79 Å². The second-order valence-corrected chi connectivity index (χ2v) is 6.98. The lowest BCUT2D eigenvalue weighted by Crippen LogP contribution is -2.14. The summed E-state index contributed by atoms with van der Waals surface area (Å²) in [6.45, 7) is 0. The van der Waals surface area contributed by atoms with Crippen LogP contribution in [-0.2, 0) is 4.79 Å². The van der Waals surface area contributed by atoms with Crippen molar-refractivity contribution in [2.24, 2.45) is 0 Å². The Morgan fingerprint density at radius 2 is 1.59 bits per heavy atom. The summed E-state index contributed by atoms with van der Waals surface area (Å²) in [5.41, 5.74) is 2.67. The molecule has 1 amide bonds. The standard InChI is InChI=1S/C22H17N3OS/c26-21(23-20-12-6-10-16-7-4-5-11-18(16)20)15-27-22-14-13-19(24-25-22)17-8-2-1-3-9-17/h1-14H,15H2,(H,23,26). The maximum Gasteiger partial charge on any atom is 0.234 e. The lowest BCUT2D eigenvalue weighted by Gasteiger charge is -2.08. The zero-order valence-electron chi connectivity index (χ0n) is 14.5. The molecule has 0 fully saturated rings. The fourth-order valence-corrected chi connectivity index (χ4v) is 3.43. The molecule has 0 saturated heterocycles. The highest BCUT2D eigenvalue weighted by Crippen LogP contribution is 2.24. The van der Waals surface area contributed by atoms with Crippen molar-refractivity contribution in [3.05, 3.63) is 84.9 Å². The fraction of sp³-hybridized carbons (Fsp3) is 0.0455. The summed E-state index contributed by atoms with van der Waals surface area (Å²) < 4.78 is 0. The average molecular weight is 371 g/mol. The number of rotatable bonds is 5. The molecule has 0 unspecified atom stereocenters. The molecule has 0 radical (unpaired) electrons. The predicted molar refractivity (Wildman–Crippen MR) is 111 cm³/mol. The van der Waals surface area contributed by atoms with Crippen LogP contribution in [0.15, 0.2) is 90.0 Å². The number of aromatic nitrogens is 2. The van der Waals surface area contributed by atoms with Crippen molar-refractivity contribution in [2.45, 2.75) is 5.03 Å². The summed E-state index contributed by atoms with van der Waals surface area (Å²) in [6.07, 6.45) is 0. The molecule has 1 aromatic heterocycles. The minimum atomic E-state index is -0.0645. The third-order valence-corrected chi connectivity index (χ3v) is 5.04. The molecular weight excluding hydrogens is 354 g/mol. The van der Waals surface area contributed by atoms with E-state index in [9.17, 15) is 4.79 Å². The third kappa shape index (κ3) is 4.15. The Morgan fingerprint density at radius 3 is 2.41 bits per heavy atom. The van der Waals surface area contributed by atoms with Crippen LogP contribution in [0.1, 0.15) is 0 Å². The number of carbonyl (C=O) groups excluding carboxylic acids is 1. The minimum Gasteiger partial charge on any atom is -0.325 e. The van der Waals surface area contributed by atoms with Crippen molar-refractivity contribution < 1.29 is 4.79 Å². The first-order chi connectivity index (χ1) is 13.3. The maximum absolute atomic E-state index is 12.3. The Balaban J connectivity index is 1.39. The van der Waals surface area contributed by atoms with Crippen molar-refractivity contribution >= 4 is 34.1 Å². The molecule has 1 N–H and O–H groups in total. The van der Waals surface area contributed by atoms with Crippen molar-refractivity contribution in [1.29, 1.82) is 0 Å². The number of anilines is 1. The lowest BCUT2D eigenvalue weighted by atomic mass is 10.1. The van der Waals surface area contributed by atoms with Gasteiger partial charge in [-0.2, -0.15) is 0 Å². The Kier molecular flexibility index (Phi) is 5.12. The molecule has 0 aliphatic carbocycles. The van der Waals surface area contributed by atoms with Gasteiger partial charge in [0.25, 0.3) is 0 Å². The average Bonchev–Trinajstić information content (AvgIpc) is 2.74. The first-order valence-electron chi connectivity index (χ1n) is 8.59. The third-order valence-electron chi connectivity index (χ3n) is 4.12. The zero-order chi connectivity index (χ0) is 18.5. The summed E-state index contributed by atoms with van der Waals surface area (Å²) >= 11 is 1.37. The van der Waals surface area contributed by atoms with Gasteiger partial charge in [0.1, 0.15) is 5.03 Å². The topological polar surface area (TPSA) is 54.9 Å². The highest BCUT2D eigenvalue weighted by molar-refractivity contribution is 7.99. The second-order valence-electron chi connectivity index (χ2n) is 5.99. The molecule has 0 aliphatic rings. The molecular formula is C22H17N3OS. The van der Waals surface area contributed by atoms with Gasteiger partial charge in [0, 0.05) is 16.6 Å². The molecule has 1 heterocycles. The molecule has 0 atom stereocenters. The summed E-state index contributed by atoms with van der Waals surface area (Å²) in [5, 5.41) is 14.3. The second kappa shape index (κ2) is 8.01. The number of benzene rings is 3. The van der Waals surface area contributed by atoms with Crippen LogP contribution in [0.2, 0.25) is 0 Å². The smallest absolute Gasteiger partial charge is 0.234 e. The normalized spacial score (nSPS) is 10.7. The molecule has 27 heavy (non-hydrogen) atoms. The van der Waals surface area contributed by atoms with Crippen LogP contribution in [0.5, 0.6) is 0 Å². The molecule has 4 aromatic rings. The number of hydrogen-bond acceptors (Lipinski definition) is 4. The van der Waals surface area contributed by atoms with Crippen molar-refractivity contribution in [2.75, 3.05) is 11.1 Å². The first-order valence-corrected chi connectivity index (χ1v) is 9.58. The summed E-state index contributed by atoms with van der Waals surface area (Å²) in [4.78, 5) is 12.3. The van der Waals surface area contributed by atoms with Crippen LogP contribution >= 0.6 is 11.8 Å². The van der Waals surface area contributed by atoms with Gasteiger partial charge in [-0.05, 0) is 23.6 Å². The van der Waals surface area contributed by atoms with Gasteiger partial charge in [-0.15, -0.1) is 10.2 Å². The van der Waals surface area contributed by atoms with E-state index in [0.29, 0.717) is 0 Å². The number of fused-ring (bicyclic) bond motifs is 1. The number of nitrogens with zero attached hydrogens (tertiary/aromatic N) is 2. The molecule has 0 aliphatic heterocycles. The molecule has 4 rings (SSSR count). The van der Waals surface area contributed by atoms with Gasteiger partial charge in [0.15, 0.2) is 0 Å². The van der Waals surface area contributed by atoms with Crippen molar-refractivity contribution in [3.63, 3.8) is 0 Å². The molecule has 3 aromatic carbocycles. The molecule has 4 nitrogen and oxygen atoms in total. The Labute approximate surface area is 161 Å². The summed E-state index contributed by atoms with van der Waals surface area (Å²) in [6, 6.07) is 27.6. The number of carbonyl (C=O) groups is 1. The van der Waals surface area contributed by atoms with Gasteiger partial charge < -0.3 is 5.32 Å². The van der Waals surface area contributed by atoms with Gasteiger partial charge >= 0.3 is 0 Å². The van der Waals surface area contributed by atoms with Crippen LogP contribution in [0.25, 0.3) is 22.0 Å². The van der Waals surface area contributed by atoms with Crippen molar-refractivity contribution in [3.8, 4) is 11.3 Å². The minimum absolute atomic E-state index is 0.0645. The molecule has 0 saturated carbocycles. The Bertz CT molecular complexity index is 1060. The molecule has 0 spiro atoms. The van der Waals surface area contributed by atoms with Crippen LogP contribution < -0.4 is 5.32 Å². The zero-order valence-corrected chi connectivity index (χ0v) is 15.3. The number of amides is 1. The SMILES string of the molecule is O=C(CSc1ccc(-c2ccccc2)nn1)Nc1cccc2ccccc12. The van der Waals surface area contributed by atoms with E-state index in [1.54, 1.807) is 0 Å². The highest BCUT2D eigenvalue weighted by Gasteiger charge is 2.08. The van der Waals surface area contributed by atoms with Gasteiger partial charge in [-0.1, -0.05) is 78.5 Å². The van der Waals surface area contributed by atoms with E-state index in [0.717, 1.165) is 32.7 Å². The van der Waals surface area contributed by atoms with Crippen LogP contribution in [0, 0.1) is 0 Å². The van der Waals surface area contributed by atoms with E-state index >= 15 is 0 Å². The molecule has 132 valence electrons. The van der Waals surface area contributed by atoms with E-state index in [2.05, 4.69) is 15.5 Å². The lowest BCUT2D eigenvalue weighted by molar-refractivity contribution is -0.113. The van der Waals surface area contributed by atoms with E-state index in [4.69, 9.17) is 0 Å². The van der Waals surface area contributed by atoms with E-state index in [1.807, 2.05) is 84.9 Å². The van der Waals surface area contributed by atoms with Gasteiger partial charge in [-0.25, -0.2) is 0 Å². The van der Waals surface area contributed by atoms with E-state index in [1.165, 1.54) is 11.8 Å².